The fourth-order valence-corrected chi connectivity index (χ4v) is 4.40. The van der Waals surface area contributed by atoms with Crippen LogP contribution in [0.4, 0.5) is 0 Å². The summed E-state index contributed by atoms with van der Waals surface area (Å²) in [5.41, 5.74) is 0.924. The van der Waals surface area contributed by atoms with Crippen molar-refractivity contribution in [2.45, 2.75) is 23.8 Å². The van der Waals surface area contributed by atoms with Gasteiger partial charge >= 0.3 is 0 Å². The molecule has 0 bridgehead atoms. The molecular weight excluding hydrogens is 362 g/mol. The summed E-state index contributed by atoms with van der Waals surface area (Å²) in [6.07, 6.45) is 2.02. The highest BCUT2D eigenvalue weighted by molar-refractivity contribution is 7.89. The number of sulfonamides is 1. The highest BCUT2D eigenvalue weighted by Gasteiger charge is 2.35. The van der Waals surface area contributed by atoms with Crippen molar-refractivity contribution in [1.29, 1.82) is 0 Å². The maximum atomic E-state index is 12.9. The van der Waals surface area contributed by atoms with Crippen LogP contribution in [0.2, 0.25) is 5.02 Å². The van der Waals surface area contributed by atoms with Gasteiger partial charge in [0.1, 0.15) is 13.2 Å². The van der Waals surface area contributed by atoms with Gasteiger partial charge in [0, 0.05) is 17.1 Å². The Morgan fingerprint density at radius 3 is 2.36 bits per heavy atom. The van der Waals surface area contributed by atoms with Gasteiger partial charge in [-0.3, -0.25) is 0 Å². The molecule has 1 aliphatic heterocycles. The van der Waals surface area contributed by atoms with Crippen LogP contribution in [-0.2, 0) is 10.0 Å². The van der Waals surface area contributed by atoms with Crippen LogP contribution in [0.1, 0.15) is 24.4 Å². The molecule has 0 radical (unpaired) electrons. The second kappa shape index (κ2) is 6.52. The van der Waals surface area contributed by atoms with Crippen molar-refractivity contribution in [1.82, 2.24) is 4.72 Å². The second-order valence-electron chi connectivity index (χ2n) is 6.29. The van der Waals surface area contributed by atoms with E-state index in [-0.39, 0.29) is 10.9 Å². The molecular formula is C18H18ClNO4S. The first-order valence-corrected chi connectivity index (χ1v) is 10.1. The number of fused-ring (bicyclic) bond motifs is 1. The molecule has 2 aliphatic rings. The summed E-state index contributed by atoms with van der Waals surface area (Å²) in [6.45, 7) is 0.886. The van der Waals surface area contributed by atoms with Crippen molar-refractivity contribution in [3.05, 3.63) is 53.1 Å². The zero-order chi connectivity index (χ0) is 17.4. The van der Waals surface area contributed by atoms with Gasteiger partial charge in [0.15, 0.2) is 11.5 Å². The summed E-state index contributed by atoms with van der Waals surface area (Å²) < 4.78 is 39.5. The van der Waals surface area contributed by atoms with Gasteiger partial charge in [0.05, 0.1) is 4.90 Å². The van der Waals surface area contributed by atoms with E-state index < -0.39 is 10.0 Å². The molecule has 1 aliphatic carbocycles. The van der Waals surface area contributed by atoms with Gasteiger partial charge in [-0.25, -0.2) is 13.1 Å². The predicted octanol–water partition coefficient (Wildman–Crippen LogP) is 3.54. The van der Waals surface area contributed by atoms with Crippen LogP contribution in [0.5, 0.6) is 11.5 Å². The lowest BCUT2D eigenvalue weighted by Gasteiger charge is -2.21. The summed E-state index contributed by atoms with van der Waals surface area (Å²) in [4.78, 5) is 0.177. The van der Waals surface area contributed by atoms with Crippen molar-refractivity contribution in [2.75, 3.05) is 13.2 Å². The maximum Gasteiger partial charge on any atom is 0.241 e. The highest BCUT2D eigenvalue weighted by atomic mass is 35.5. The fraction of sp³-hybridized carbons (Fsp3) is 0.333. The molecule has 0 unspecified atom stereocenters. The Balaban J connectivity index is 1.62. The zero-order valence-electron chi connectivity index (χ0n) is 13.4. The molecule has 1 fully saturated rings. The molecule has 4 rings (SSSR count). The van der Waals surface area contributed by atoms with E-state index in [9.17, 15) is 8.42 Å². The number of benzene rings is 2. The van der Waals surface area contributed by atoms with E-state index >= 15 is 0 Å². The molecule has 0 aromatic heterocycles. The summed E-state index contributed by atoms with van der Waals surface area (Å²) in [5, 5.41) is 0.632. The number of nitrogens with one attached hydrogen (secondary N) is 1. The highest BCUT2D eigenvalue weighted by Crippen LogP contribution is 2.42. The van der Waals surface area contributed by atoms with Gasteiger partial charge < -0.3 is 9.47 Å². The number of hydrogen-bond donors (Lipinski definition) is 1. The Bertz CT molecular complexity index is 878. The van der Waals surface area contributed by atoms with E-state index in [1.165, 1.54) is 6.07 Å². The minimum Gasteiger partial charge on any atom is -0.486 e. The Morgan fingerprint density at radius 2 is 1.68 bits per heavy atom. The monoisotopic (exact) mass is 379 g/mol. The molecule has 1 N–H and O–H groups in total. The molecule has 0 spiro atoms. The average molecular weight is 380 g/mol. The molecule has 2 aromatic rings. The first-order chi connectivity index (χ1) is 12.0. The number of hydrogen-bond acceptors (Lipinski definition) is 4. The maximum absolute atomic E-state index is 12.9. The Labute approximate surface area is 152 Å². The summed E-state index contributed by atoms with van der Waals surface area (Å²) in [7, 11) is -3.67. The molecule has 2 aromatic carbocycles. The third kappa shape index (κ3) is 3.61. The number of ether oxygens (including phenoxy) is 2. The molecule has 1 atom stereocenters. The van der Waals surface area contributed by atoms with Gasteiger partial charge in [0.25, 0.3) is 0 Å². The minimum atomic E-state index is -3.67. The van der Waals surface area contributed by atoms with E-state index in [1.807, 2.05) is 12.1 Å². The van der Waals surface area contributed by atoms with Crippen LogP contribution in [0.15, 0.2) is 47.4 Å². The molecule has 1 saturated carbocycles. The van der Waals surface area contributed by atoms with Gasteiger partial charge in [0.2, 0.25) is 10.0 Å². The van der Waals surface area contributed by atoms with Crippen molar-refractivity contribution < 1.29 is 17.9 Å². The van der Waals surface area contributed by atoms with Crippen LogP contribution >= 0.6 is 11.6 Å². The average Bonchev–Trinajstić information content (AvgIpc) is 3.45. The quantitative estimate of drug-likeness (QED) is 0.862. The van der Waals surface area contributed by atoms with E-state index in [2.05, 4.69) is 4.72 Å². The van der Waals surface area contributed by atoms with E-state index in [0.29, 0.717) is 35.7 Å². The van der Waals surface area contributed by atoms with Gasteiger partial charge in [-0.2, -0.15) is 0 Å². The Morgan fingerprint density at radius 1 is 1.00 bits per heavy atom. The first kappa shape index (κ1) is 16.7. The van der Waals surface area contributed by atoms with Crippen LogP contribution in [0, 0.1) is 5.92 Å². The molecule has 25 heavy (non-hydrogen) atoms. The normalized spacial score (nSPS) is 18.0. The van der Waals surface area contributed by atoms with E-state index in [0.717, 1.165) is 18.4 Å². The zero-order valence-corrected chi connectivity index (χ0v) is 15.0. The van der Waals surface area contributed by atoms with Gasteiger partial charge in [-0.05, 0) is 48.6 Å². The van der Waals surface area contributed by atoms with Gasteiger partial charge in [-0.1, -0.05) is 23.7 Å². The van der Waals surface area contributed by atoms with E-state index in [1.54, 1.807) is 24.3 Å². The smallest absolute Gasteiger partial charge is 0.241 e. The molecule has 1 heterocycles. The summed E-state index contributed by atoms with van der Waals surface area (Å²) >= 11 is 5.94. The minimum absolute atomic E-state index is 0.177. The van der Waals surface area contributed by atoms with Crippen LogP contribution in [0.25, 0.3) is 0 Å². The van der Waals surface area contributed by atoms with Crippen LogP contribution < -0.4 is 14.2 Å². The predicted molar refractivity (Wildman–Crippen MR) is 94.7 cm³/mol. The third-order valence-electron chi connectivity index (χ3n) is 4.43. The van der Waals surface area contributed by atoms with Crippen molar-refractivity contribution in [3.63, 3.8) is 0 Å². The number of rotatable bonds is 5. The third-order valence-corrected chi connectivity index (χ3v) is 6.12. The van der Waals surface area contributed by atoms with Crippen LogP contribution in [-0.4, -0.2) is 21.6 Å². The van der Waals surface area contributed by atoms with Crippen molar-refractivity contribution in [2.24, 2.45) is 5.92 Å². The lowest BCUT2D eigenvalue weighted by Crippen LogP contribution is -2.30. The summed E-state index contributed by atoms with van der Waals surface area (Å²) in [6, 6.07) is 11.8. The fourth-order valence-electron chi connectivity index (χ4n) is 2.96. The molecule has 132 valence electrons. The lowest BCUT2D eigenvalue weighted by atomic mass is 10.0. The van der Waals surface area contributed by atoms with Crippen molar-refractivity contribution in [3.8, 4) is 11.5 Å². The molecule has 5 nitrogen and oxygen atoms in total. The largest absolute Gasteiger partial charge is 0.486 e. The van der Waals surface area contributed by atoms with Crippen LogP contribution in [0.3, 0.4) is 0 Å². The lowest BCUT2D eigenvalue weighted by molar-refractivity contribution is 0.171. The molecule has 0 amide bonds. The SMILES string of the molecule is O=S(=O)(N[C@@H](c1ccc(Cl)cc1)C1CC1)c1ccc2c(c1)OCCO2. The van der Waals surface area contributed by atoms with Gasteiger partial charge in [-0.15, -0.1) is 0 Å². The second-order valence-corrected chi connectivity index (χ2v) is 8.44. The molecule has 0 saturated heterocycles. The molecule has 7 heteroatoms. The first-order valence-electron chi connectivity index (χ1n) is 8.20. The topological polar surface area (TPSA) is 64.6 Å². The number of halogens is 1. The Hall–Kier alpha value is -1.76. The van der Waals surface area contributed by atoms with E-state index in [4.69, 9.17) is 21.1 Å². The summed E-state index contributed by atoms with van der Waals surface area (Å²) in [5.74, 6) is 1.35. The van der Waals surface area contributed by atoms with Crippen molar-refractivity contribution >= 4 is 21.6 Å². The standard InChI is InChI=1S/C18H18ClNO4S/c19-14-5-3-13(4-6-14)18(12-1-2-12)20-25(21,22)15-7-8-16-17(11-15)24-10-9-23-16/h3-8,11-12,18,20H,1-2,9-10H2/t18-/m1/s1. The Kier molecular flexibility index (Phi) is 4.35.